The van der Waals surface area contributed by atoms with Gasteiger partial charge in [-0.25, -0.2) is 0 Å². The number of aliphatic hydroxyl groups excluding tert-OH is 1. The van der Waals surface area contributed by atoms with Crippen LogP contribution >= 0.6 is 8.03 Å². The van der Waals surface area contributed by atoms with Gasteiger partial charge in [0.1, 0.15) is 12.7 Å². The lowest BCUT2D eigenvalue weighted by atomic mass is 9.90. The lowest BCUT2D eigenvalue weighted by Gasteiger charge is -2.18. The molecule has 0 aliphatic heterocycles. The van der Waals surface area contributed by atoms with Gasteiger partial charge >= 0.3 is 8.03 Å². The third-order valence-corrected chi connectivity index (χ3v) is 3.97. The third kappa shape index (κ3) is 5.57. The first kappa shape index (κ1) is 13.0. The van der Waals surface area contributed by atoms with Gasteiger partial charge in [-0.1, -0.05) is 19.3 Å². The fourth-order valence-electron chi connectivity index (χ4n) is 1.84. The summed E-state index contributed by atoms with van der Waals surface area (Å²) in [6.45, 7) is 0.723. The van der Waals surface area contributed by atoms with Crippen molar-refractivity contribution in [3.63, 3.8) is 0 Å². The van der Waals surface area contributed by atoms with Crippen LogP contribution < -0.4 is 5.73 Å². The van der Waals surface area contributed by atoms with Crippen molar-refractivity contribution in [2.45, 2.75) is 38.2 Å². The van der Waals surface area contributed by atoms with Gasteiger partial charge in [-0.2, -0.15) is 0 Å². The van der Waals surface area contributed by atoms with Gasteiger partial charge in [-0.15, -0.1) is 4.52 Å². The minimum absolute atomic E-state index is 0.147. The molecule has 5 heteroatoms. The molecule has 0 aromatic heterocycles. The molecule has 2 unspecified atom stereocenters. The molecule has 4 nitrogen and oxygen atoms in total. The molecule has 0 spiro atoms. The van der Waals surface area contributed by atoms with Crippen LogP contribution in [0.25, 0.3) is 0 Å². The molecule has 1 fully saturated rings. The monoisotopic (exact) mass is 234 g/mol. The second-order valence-corrected chi connectivity index (χ2v) is 5.49. The molecule has 1 aliphatic rings. The lowest BCUT2D eigenvalue weighted by Crippen LogP contribution is -2.22. The van der Waals surface area contributed by atoms with E-state index in [0.29, 0.717) is 12.5 Å². The van der Waals surface area contributed by atoms with Crippen LogP contribution in [0.15, 0.2) is 0 Å². The Morgan fingerprint density at radius 3 is 2.67 bits per heavy atom. The molecule has 0 saturated heterocycles. The first-order valence-electron chi connectivity index (χ1n) is 5.68. The van der Waals surface area contributed by atoms with Crippen LogP contribution in [0.1, 0.15) is 32.1 Å². The molecule has 1 rings (SSSR count). The summed E-state index contributed by atoms with van der Waals surface area (Å²) < 4.78 is 16.6. The maximum Gasteiger partial charge on any atom is 0.510 e. The highest BCUT2D eigenvalue weighted by Crippen LogP contribution is 2.29. The summed E-state index contributed by atoms with van der Waals surface area (Å²) in [4.78, 5) is 0. The molecular weight excluding hydrogens is 213 g/mol. The van der Waals surface area contributed by atoms with Gasteiger partial charge < -0.3 is 10.8 Å². The second-order valence-electron chi connectivity index (χ2n) is 4.20. The predicted molar refractivity (Wildman–Crippen MR) is 60.1 cm³/mol. The zero-order valence-electron chi connectivity index (χ0n) is 9.10. The lowest BCUT2D eigenvalue weighted by molar-refractivity contribution is 0.189. The van der Waals surface area contributed by atoms with Gasteiger partial charge in [0.25, 0.3) is 0 Å². The van der Waals surface area contributed by atoms with E-state index < -0.39 is 14.1 Å². The summed E-state index contributed by atoms with van der Waals surface area (Å²) in [6.07, 6.45) is 5.67. The first-order valence-corrected chi connectivity index (χ1v) is 7.04. The molecule has 0 amide bonds. The van der Waals surface area contributed by atoms with E-state index in [-0.39, 0.29) is 12.7 Å². The standard InChI is InChI=1S/C10H21NO3P/c11-6-10(12)8-15(13)14-7-9-4-2-1-3-5-9/h9-10,12H,1-8,11H2/q+1. The molecule has 0 radical (unpaired) electrons. The van der Waals surface area contributed by atoms with Gasteiger partial charge in [0.05, 0.1) is 0 Å². The zero-order chi connectivity index (χ0) is 11.1. The van der Waals surface area contributed by atoms with Crippen molar-refractivity contribution in [1.29, 1.82) is 0 Å². The van der Waals surface area contributed by atoms with Crippen LogP contribution in [0.2, 0.25) is 0 Å². The van der Waals surface area contributed by atoms with Crippen molar-refractivity contribution in [3.8, 4) is 0 Å². The summed E-state index contributed by atoms with van der Waals surface area (Å²) in [6, 6.07) is 0. The molecule has 0 aromatic carbocycles. The highest BCUT2D eigenvalue weighted by Gasteiger charge is 2.25. The average Bonchev–Trinajstić information content (AvgIpc) is 2.27. The smallest absolute Gasteiger partial charge is 0.387 e. The van der Waals surface area contributed by atoms with Gasteiger partial charge in [0.2, 0.25) is 6.16 Å². The third-order valence-electron chi connectivity index (χ3n) is 2.81. The van der Waals surface area contributed by atoms with Crippen LogP contribution in [0, 0.1) is 5.92 Å². The van der Waals surface area contributed by atoms with E-state index in [1.54, 1.807) is 0 Å². The maximum absolute atomic E-state index is 11.4. The Balaban J connectivity index is 2.10. The molecule has 1 aliphatic carbocycles. The molecule has 3 N–H and O–H groups in total. The highest BCUT2D eigenvalue weighted by atomic mass is 31.1. The van der Waals surface area contributed by atoms with E-state index in [9.17, 15) is 9.67 Å². The van der Waals surface area contributed by atoms with Crippen LogP contribution in [-0.2, 0) is 9.09 Å². The Kier molecular flexibility index (Phi) is 6.34. The molecule has 0 heterocycles. The van der Waals surface area contributed by atoms with E-state index in [1.807, 2.05) is 0 Å². The topological polar surface area (TPSA) is 72.5 Å². The van der Waals surface area contributed by atoms with Crippen molar-refractivity contribution >= 4 is 8.03 Å². The Hall–Kier alpha value is -0.0200. The number of nitrogens with two attached hydrogens (primary N) is 1. The Bertz CT molecular complexity index is 195. The predicted octanol–water partition coefficient (Wildman–Crippen LogP) is 1.65. The van der Waals surface area contributed by atoms with Gasteiger partial charge in [0, 0.05) is 6.54 Å². The van der Waals surface area contributed by atoms with Crippen molar-refractivity contribution in [2.75, 3.05) is 19.3 Å². The summed E-state index contributed by atoms with van der Waals surface area (Å²) >= 11 is 0. The number of rotatable bonds is 6. The van der Waals surface area contributed by atoms with Crippen molar-refractivity contribution in [1.82, 2.24) is 0 Å². The zero-order valence-corrected chi connectivity index (χ0v) is 9.99. The van der Waals surface area contributed by atoms with E-state index in [4.69, 9.17) is 10.3 Å². The van der Waals surface area contributed by atoms with Gasteiger partial charge in [-0.05, 0) is 23.3 Å². The highest BCUT2D eigenvalue weighted by molar-refractivity contribution is 7.39. The molecule has 0 bridgehead atoms. The first-order chi connectivity index (χ1) is 7.22. The summed E-state index contributed by atoms with van der Waals surface area (Å²) in [7, 11) is -1.73. The van der Waals surface area contributed by atoms with E-state index in [1.165, 1.54) is 32.1 Å². The van der Waals surface area contributed by atoms with Crippen molar-refractivity contribution in [2.24, 2.45) is 11.7 Å². The van der Waals surface area contributed by atoms with Crippen LogP contribution in [0.5, 0.6) is 0 Å². The van der Waals surface area contributed by atoms with Crippen molar-refractivity contribution in [3.05, 3.63) is 0 Å². The van der Waals surface area contributed by atoms with Gasteiger partial charge in [-0.3, -0.25) is 0 Å². The molecule has 15 heavy (non-hydrogen) atoms. The van der Waals surface area contributed by atoms with E-state index in [0.717, 1.165) is 0 Å². The number of aliphatic hydroxyl groups is 1. The maximum atomic E-state index is 11.4. The minimum atomic E-state index is -1.73. The van der Waals surface area contributed by atoms with Gasteiger partial charge in [0.15, 0.2) is 0 Å². The Labute approximate surface area is 92.1 Å². The minimum Gasteiger partial charge on any atom is -0.387 e. The van der Waals surface area contributed by atoms with Crippen LogP contribution in [-0.4, -0.2) is 30.5 Å². The summed E-state index contributed by atoms with van der Waals surface area (Å²) in [5.41, 5.74) is 5.23. The Morgan fingerprint density at radius 1 is 1.40 bits per heavy atom. The molecular formula is C10H21NO3P+. The summed E-state index contributed by atoms with van der Waals surface area (Å²) in [5, 5.41) is 9.18. The average molecular weight is 234 g/mol. The Morgan fingerprint density at radius 2 is 2.07 bits per heavy atom. The molecule has 1 saturated carbocycles. The molecule has 88 valence electrons. The second kappa shape index (κ2) is 7.29. The molecule has 0 aromatic rings. The van der Waals surface area contributed by atoms with Crippen LogP contribution in [0.3, 0.4) is 0 Å². The number of hydrogen-bond acceptors (Lipinski definition) is 4. The number of hydrogen-bond donors (Lipinski definition) is 2. The van der Waals surface area contributed by atoms with Crippen molar-refractivity contribution < 1.29 is 14.2 Å². The summed E-state index contributed by atoms with van der Waals surface area (Å²) in [5.74, 6) is 0.563. The van der Waals surface area contributed by atoms with E-state index in [2.05, 4.69) is 0 Å². The fraction of sp³-hybridized carbons (Fsp3) is 1.00. The normalized spacial score (nSPS) is 21.3. The van der Waals surface area contributed by atoms with Crippen LogP contribution in [0.4, 0.5) is 0 Å². The largest absolute Gasteiger partial charge is 0.510 e. The fourth-order valence-corrected chi connectivity index (χ4v) is 2.82. The SMILES string of the molecule is NCC(O)C[P+](=O)OCC1CCCCC1. The molecule has 2 atom stereocenters. The quantitative estimate of drug-likeness (QED) is 0.685. The van der Waals surface area contributed by atoms with E-state index >= 15 is 0 Å².